The van der Waals surface area contributed by atoms with Crippen LogP contribution in [-0.2, 0) is 5.54 Å². The minimum atomic E-state index is -0.661. The highest BCUT2D eigenvalue weighted by atomic mass is 16.6. The lowest BCUT2D eigenvalue weighted by Gasteiger charge is -2.20. The van der Waals surface area contributed by atoms with Gasteiger partial charge in [0.2, 0.25) is 11.7 Å². The van der Waals surface area contributed by atoms with Gasteiger partial charge in [-0.25, -0.2) is 0 Å². The van der Waals surface area contributed by atoms with Crippen LogP contribution in [-0.4, -0.2) is 15.1 Å². The van der Waals surface area contributed by atoms with E-state index in [1.807, 2.05) is 13.8 Å². The first-order valence-electron chi connectivity index (χ1n) is 6.38. The van der Waals surface area contributed by atoms with Crippen LogP contribution in [0, 0.1) is 10.1 Å². The number of hydrogen-bond acceptors (Lipinski definition) is 6. The predicted molar refractivity (Wildman–Crippen MR) is 72.8 cm³/mol. The van der Waals surface area contributed by atoms with Gasteiger partial charge >= 0.3 is 0 Å². The second kappa shape index (κ2) is 5.38. The van der Waals surface area contributed by atoms with E-state index in [4.69, 9.17) is 10.3 Å². The van der Waals surface area contributed by atoms with E-state index in [2.05, 4.69) is 10.1 Å². The molecule has 2 rings (SSSR count). The van der Waals surface area contributed by atoms with E-state index in [-0.39, 0.29) is 5.69 Å². The fraction of sp³-hybridized carbons (Fsp3) is 0.385. The number of nitro groups is 1. The molecule has 0 bridgehead atoms. The molecule has 0 radical (unpaired) electrons. The molecule has 0 saturated carbocycles. The molecule has 2 aromatic rings. The summed E-state index contributed by atoms with van der Waals surface area (Å²) in [5.74, 6) is 0.657. The third kappa shape index (κ3) is 2.53. The zero-order valence-electron chi connectivity index (χ0n) is 11.4. The lowest BCUT2D eigenvalue weighted by Crippen LogP contribution is -2.35. The van der Waals surface area contributed by atoms with Crippen LogP contribution in [0.3, 0.4) is 0 Å². The van der Waals surface area contributed by atoms with Crippen LogP contribution >= 0.6 is 0 Å². The van der Waals surface area contributed by atoms with Crippen LogP contribution in [0.15, 0.2) is 28.8 Å². The van der Waals surface area contributed by atoms with E-state index in [0.29, 0.717) is 30.1 Å². The van der Waals surface area contributed by atoms with Crippen LogP contribution < -0.4 is 5.73 Å². The van der Waals surface area contributed by atoms with Crippen molar-refractivity contribution in [1.82, 2.24) is 10.1 Å². The Bertz CT molecular complexity index is 620. The Kier molecular flexibility index (Phi) is 3.80. The molecule has 7 heteroatoms. The smallest absolute Gasteiger partial charge is 0.270 e. The fourth-order valence-corrected chi connectivity index (χ4v) is 1.85. The summed E-state index contributed by atoms with van der Waals surface area (Å²) in [5.41, 5.74) is 6.04. The lowest BCUT2D eigenvalue weighted by molar-refractivity contribution is -0.384. The number of aromatic nitrogens is 2. The number of benzene rings is 1. The highest BCUT2D eigenvalue weighted by molar-refractivity contribution is 5.58. The molecule has 1 aromatic carbocycles. The van der Waals surface area contributed by atoms with Crippen molar-refractivity contribution >= 4 is 5.69 Å². The van der Waals surface area contributed by atoms with Crippen LogP contribution in [0.25, 0.3) is 11.4 Å². The Hall–Kier alpha value is -2.28. The molecule has 0 saturated heterocycles. The molecule has 1 heterocycles. The van der Waals surface area contributed by atoms with Crippen LogP contribution in [0.4, 0.5) is 5.69 Å². The topological polar surface area (TPSA) is 108 Å². The van der Waals surface area contributed by atoms with Crippen molar-refractivity contribution in [3.05, 3.63) is 40.3 Å². The maximum Gasteiger partial charge on any atom is 0.270 e. The van der Waals surface area contributed by atoms with Crippen molar-refractivity contribution < 1.29 is 9.45 Å². The van der Waals surface area contributed by atoms with E-state index in [0.717, 1.165) is 0 Å². The standard InChI is InChI=1S/C13H16N4O3/c1-3-13(14,4-2)12-15-11(16-20-12)9-6-5-7-10(8-9)17(18)19/h5-8H,3-4,14H2,1-2H3. The van der Waals surface area contributed by atoms with Gasteiger partial charge in [0, 0.05) is 17.7 Å². The van der Waals surface area contributed by atoms with Gasteiger partial charge in [0.25, 0.3) is 5.69 Å². The van der Waals surface area contributed by atoms with Gasteiger partial charge in [-0.2, -0.15) is 4.98 Å². The Morgan fingerprint density at radius 3 is 2.70 bits per heavy atom. The molecule has 106 valence electrons. The molecule has 0 spiro atoms. The molecule has 20 heavy (non-hydrogen) atoms. The summed E-state index contributed by atoms with van der Waals surface area (Å²) in [4.78, 5) is 14.6. The Morgan fingerprint density at radius 2 is 2.10 bits per heavy atom. The van der Waals surface area contributed by atoms with Gasteiger partial charge in [0.15, 0.2) is 0 Å². The maximum atomic E-state index is 10.8. The number of rotatable bonds is 5. The number of hydrogen-bond donors (Lipinski definition) is 1. The van der Waals surface area contributed by atoms with Crippen molar-refractivity contribution in [3.63, 3.8) is 0 Å². The normalized spacial score (nSPS) is 11.6. The summed E-state index contributed by atoms with van der Waals surface area (Å²) in [6.45, 7) is 3.89. The second-order valence-electron chi connectivity index (χ2n) is 4.59. The molecule has 1 aromatic heterocycles. The van der Waals surface area contributed by atoms with E-state index in [9.17, 15) is 10.1 Å². The molecular formula is C13H16N4O3. The number of nitrogens with zero attached hydrogens (tertiary/aromatic N) is 3. The molecule has 0 atom stereocenters. The molecule has 0 aliphatic carbocycles. The average Bonchev–Trinajstić information content (AvgIpc) is 2.97. The first kappa shape index (κ1) is 14.1. The monoisotopic (exact) mass is 276 g/mol. The van der Waals surface area contributed by atoms with Crippen molar-refractivity contribution in [3.8, 4) is 11.4 Å². The van der Waals surface area contributed by atoms with Crippen LogP contribution in [0.2, 0.25) is 0 Å². The second-order valence-corrected chi connectivity index (χ2v) is 4.59. The summed E-state index contributed by atoms with van der Waals surface area (Å²) in [7, 11) is 0. The van der Waals surface area contributed by atoms with E-state index >= 15 is 0 Å². The predicted octanol–water partition coefficient (Wildman–Crippen LogP) is 2.62. The first-order chi connectivity index (χ1) is 9.50. The third-order valence-corrected chi connectivity index (χ3v) is 3.43. The quantitative estimate of drug-likeness (QED) is 0.664. The summed E-state index contributed by atoms with van der Waals surface area (Å²) in [6, 6.07) is 6.09. The molecule has 0 aliphatic rings. The Labute approximate surface area is 115 Å². The van der Waals surface area contributed by atoms with Gasteiger partial charge < -0.3 is 10.3 Å². The van der Waals surface area contributed by atoms with Gasteiger partial charge in [0.1, 0.15) is 0 Å². The van der Waals surface area contributed by atoms with Gasteiger partial charge in [-0.05, 0) is 12.8 Å². The summed E-state index contributed by atoms with van der Waals surface area (Å²) in [5, 5.41) is 14.6. The first-order valence-corrected chi connectivity index (χ1v) is 6.38. The van der Waals surface area contributed by atoms with Gasteiger partial charge in [-0.15, -0.1) is 0 Å². The summed E-state index contributed by atoms with van der Waals surface area (Å²) < 4.78 is 5.21. The average molecular weight is 276 g/mol. The number of non-ortho nitro benzene ring substituents is 1. The van der Waals surface area contributed by atoms with Crippen molar-refractivity contribution in [2.24, 2.45) is 5.73 Å². The lowest BCUT2D eigenvalue weighted by atomic mass is 9.94. The molecule has 0 aliphatic heterocycles. The molecule has 0 amide bonds. The van der Waals surface area contributed by atoms with Crippen LogP contribution in [0.5, 0.6) is 0 Å². The molecule has 0 fully saturated rings. The molecule has 0 unspecified atom stereocenters. The highest BCUT2D eigenvalue weighted by Crippen LogP contribution is 2.27. The van der Waals surface area contributed by atoms with Crippen molar-refractivity contribution in [2.45, 2.75) is 32.2 Å². The molecule has 2 N–H and O–H groups in total. The minimum absolute atomic E-state index is 0.0150. The molecular weight excluding hydrogens is 260 g/mol. The Balaban J connectivity index is 2.38. The Morgan fingerprint density at radius 1 is 1.40 bits per heavy atom. The van der Waals surface area contributed by atoms with E-state index in [1.54, 1.807) is 12.1 Å². The van der Waals surface area contributed by atoms with Crippen molar-refractivity contribution in [1.29, 1.82) is 0 Å². The maximum absolute atomic E-state index is 10.8. The number of nitrogens with two attached hydrogens (primary N) is 1. The van der Waals surface area contributed by atoms with Gasteiger partial charge in [-0.1, -0.05) is 31.1 Å². The minimum Gasteiger partial charge on any atom is -0.337 e. The largest absolute Gasteiger partial charge is 0.337 e. The summed E-state index contributed by atoms with van der Waals surface area (Å²) in [6.07, 6.45) is 1.33. The fourth-order valence-electron chi connectivity index (χ4n) is 1.85. The highest BCUT2D eigenvalue weighted by Gasteiger charge is 2.30. The zero-order chi connectivity index (χ0) is 14.8. The molecule has 7 nitrogen and oxygen atoms in total. The van der Waals surface area contributed by atoms with E-state index < -0.39 is 10.5 Å². The summed E-state index contributed by atoms with van der Waals surface area (Å²) >= 11 is 0. The van der Waals surface area contributed by atoms with Crippen LogP contribution in [0.1, 0.15) is 32.6 Å². The van der Waals surface area contributed by atoms with Crippen molar-refractivity contribution in [2.75, 3.05) is 0 Å². The third-order valence-electron chi connectivity index (χ3n) is 3.43. The zero-order valence-corrected chi connectivity index (χ0v) is 11.4. The number of nitro benzene ring substituents is 1. The van der Waals surface area contributed by atoms with Gasteiger partial charge in [0.05, 0.1) is 10.5 Å². The van der Waals surface area contributed by atoms with E-state index in [1.165, 1.54) is 12.1 Å². The SMILES string of the molecule is CCC(N)(CC)c1nc(-c2cccc([N+](=O)[O-])c2)no1. The van der Waals surface area contributed by atoms with Gasteiger partial charge in [-0.3, -0.25) is 10.1 Å².